The summed E-state index contributed by atoms with van der Waals surface area (Å²) in [4.78, 5) is 23.0. The van der Waals surface area contributed by atoms with Crippen LogP contribution in [0.4, 0.5) is 4.79 Å². The number of rotatable bonds is 6. The fourth-order valence-corrected chi connectivity index (χ4v) is 4.84. The van der Waals surface area contributed by atoms with Crippen LogP contribution >= 0.6 is 11.8 Å². The van der Waals surface area contributed by atoms with Gasteiger partial charge in [-0.1, -0.05) is 0 Å². The molecular weight excluding hydrogens is 320 g/mol. The highest BCUT2D eigenvalue weighted by Gasteiger charge is 2.42. The average molecular weight is 340 g/mol. The molecule has 1 aromatic rings. The van der Waals surface area contributed by atoms with Gasteiger partial charge in [-0.2, -0.15) is 11.8 Å². The summed E-state index contributed by atoms with van der Waals surface area (Å²) in [5, 5.41) is 25.6. The lowest BCUT2D eigenvalue weighted by atomic mass is 10.0. The third kappa shape index (κ3) is 3.05. The van der Waals surface area contributed by atoms with Crippen molar-refractivity contribution in [1.82, 2.24) is 15.2 Å². The molecule has 3 heterocycles. The summed E-state index contributed by atoms with van der Waals surface area (Å²) in [7, 11) is 0. The van der Waals surface area contributed by atoms with Gasteiger partial charge in [0.25, 0.3) is 0 Å². The Balaban J connectivity index is 1.58. The van der Waals surface area contributed by atoms with Gasteiger partial charge in [0.2, 0.25) is 5.91 Å². The van der Waals surface area contributed by atoms with E-state index in [1.165, 1.54) is 12.1 Å². The molecule has 3 rings (SSSR count). The molecule has 8 nitrogen and oxygen atoms in total. The monoisotopic (exact) mass is 340 g/mol. The summed E-state index contributed by atoms with van der Waals surface area (Å²) in [6.45, 7) is 0. The van der Waals surface area contributed by atoms with E-state index in [1.807, 2.05) is 0 Å². The zero-order chi connectivity index (χ0) is 16.6. The Labute approximate surface area is 137 Å². The van der Waals surface area contributed by atoms with Gasteiger partial charge in [-0.3, -0.25) is 9.36 Å². The molecule has 0 bridgehead atoms. The number of amides is 3. The molecule has 2 aliphatic heterocycles. The first-order valence-corrected chi connectivity index (χ1v) is 8.59. The first-order chi connectivity index (χ1) is 11.0. The van der Waals surface area contributed by atoms with Crippen LogP contribution in [-0.2, 0) is 4.79 Å². The van der Waals surface area contributed by atoms with Crippen LogP contribution in [0.1, 0.15) is 25.3 Å². The van der Waals surface area contributed by atoms with Gasteiger partial charge in [0.15, 0.2) is 11.8 Å². The van der Waals surface area contributed by atoms with Gasteiger partial charge >= 0.3 is 6.03 Å². The van der Waals surface area contributed by atoms with Crippen LogP contribution in [0, 0.1) is 0 Å². The van der Waals surface area contributed by atoms with Gasteiger partial charge < -0.3 is 26.6 Å². The molecule has 2 saturated heterocycles. The predicted octanol–water partition coefficient (Wildman–Crippen LogP) is 0.261. The lowest BCUT2D eigenvalue weighted by Gasteiger charge is -2.20. The Morgan fingerprint density at radius 3 is 2.74 bits per heavy atom. The summed E-state index contributed by atoms with van der Waals surface area (Å²) < 4.78 is 1.14. The van der Waals surface area contributed by atoms with E-state index in [9.17, 15) is 19.8 Å². The zero-order valence-corrected chi connectivity index (χ0v) is 13.3. The number of hydrogen-bond acceptors (Lipinski definition) is 5. The van der Waals surface area contributed by atoms with Crippen molar-refractivity contribution in [3.63, 3.8) is 0 Å². The van der Waals surface area contributed by atoms with Gasteiger partial charge in [-0.15, -0.1) is 0 Å². The maximum Gasteiger partial charge on any atom is 0.315 e. The standard InChI is InChI=1S/C14H20N4O4S/c15-13(21)8(18-10(19)4-5-11(18)20)2-1-3-9-12-7(6-23-9)16-14(22)17-12/h4-5,7-9,12,19-20H,1-3,6H2,(H2,15,21)(H2,16,17,22)/t7-,8?,9-,12-/m0/s1. The fourth-order valence-electron chi connectivity index (χ4n) is 3.30. The molecule has 2 aliphatic rings. The predicted molar refractivity (Wildman–Crippen MR) is 85.3 cm³/mol. The highest BCUT2D eigenvalue weighted by atomic mass is 32.2. The molecule has 126 valence electrons. The molecule has 1 aromatic heterocycles. The molecule has 0 aromatic carbocycles. The number of nitrogens with one attached hydrogen (secondary N) is 2. The van der Waals surface area contributed by atoms with Crippen molar-refractivity contribution in [3.05, 3.63) is 12.1 Å². The highest BCUT2D eigenvalue weighted by Crippen LogP contribution is 2.35. The number of fused-ring (bicyclic) bond motifs is 1. The first-order valence-electron chi connectivity index (χ1n) is 7.54. The van der Waals surface area contributed by atoms with Gasteiger partial charge in [-0.25, -0.2) is 4.79 Å². The Morgan fingerprint density at radius 2 is 2.09 bits per heavy atom. The Hall–Kier alpha value is -2.03. The van der Waals surface area contributed by atoms with E-state index in [0.717, 1.165) is 16.7 Å². The smallest absolute Gasteiger partial charge is 0.315 e. The van der Waals surface area contributed by atoms with E-state index in [0.29, 0.717) is 18.1 Å². The molecular formula is C14H20N4O4S. The number of thioether (sulfide) groups is 1. The van der Waals surface area contributed by atoms with Crippen LogP contribution in [0.2, 0.25) is 0 Å². The van der Waals surface area contributed by atoms with Gasteiger partial charge in [-0.05, 0) is 19.3 Å². The van der Waals surface area contributed by atoms with E-state index in [1.54, 1.807) is 11.8 Å². The zero-order valence-electron chi connectivity index (χ0n) is 12.4. The van der Waals surface area contributed by atoms with E-state index >= 15 is 0 Å². The van der Waals surface area contributed by atoms with E-state index < -0.39 is 11.9 Å². The topological polar surface area (TPSA) is 130 Å². The van der Waals surface area contributed by atoms with Crippen LogP contribution in [0.25, 0.3) is 0 Å². The molecule has 3 amide bonds. The normalized spacial score (nSPS) is 27.3. The Kier molecular flexibility index (Phi) is 4.29. The minimum atomic E-state index is -0.788. The molecule has 2 fully saturated rings. The molecule has 4 atom stereocenters. The summed E-state index contributed by atoms with van der Waals surface area (Å²) in [5.41, 5.74) is 5.41. The van der Waals surface area contributed by atoms with Crippen molar-refractivity contribution in [3.8, 4) is 11.8 Å². The van der Waals surface area contributed by atoms with Crippen LogP contribution in [0.5, 0.6) is 11.8 Å². The largest absolute Gasteiger partial charge is 0.494 e. The highest BCUT2D eigenvalue weighted by molar-refractivity contribution is 8.00. The van der Waals surface area contributed by atoms with Crippen molar-refractivity contribution in [2.45, 2.75) is 42.6 Å². The lowest BCUT2D eigenvalue weighted by Crippen LogP contribution is -2.37. The number of primary amides is 1. The SMILES string of the molecule is NC(=O)C(CCC[C@@H]1SC[C@@H]2NC(=O)N[C@@H]21)n1c(O)ccc1O. The number of nitrogens with zero attached hydrogens (tertiary/aromatic N) is 1. The molecule has 1 unspecified atom stereocenters. The summed E-state index contributed by atoms with van der Waals surface area (Å²) in [6.07, 6.45) is 1.93. The van der Waals surface area contributed by atoms with Crippen molar-refractivity contribution in [1.29, 1.82) is 0 Å². The number of aromatic nitrogens is 1. The van der Waals surface area contributed by atoms with Gasteiger partial charge in [0, 0.05) is 23.1 Å². The first kappa shape index (κ1) is 15.9. The van der Waals surface area contributed by atoms with Gasteiger partial charge in [0.05, 0.1) is 12.1 Å². The van der Waals surface area contributed by atoms with Crippen LogP contribution in [0.15, 0.2) is 12.1 Å². The third-order valence-corrected chi connectivity index (χ3v) is 5.93. The molecule has 9 heteroatoms. The minimum Gasteiger partial charge on any atom is -0.494 e. The maximum absolute atomic E-state index is 11.7. The third-order valence-electron chi connectivity index (χ3n) is 4.42. The van der Waals surface area contributed by atoms with Crippen molar-refractivity contribution >= 4 is 23.7 Å². The quantitative estimate of drug-likeness (QED) is 0.474. The van der Waals surface area contributed by atoms with Crippen molar-refractivity contribution < 1.29 is 19.8 Å². The fraction of sp³-hybridized carbons (Fsp3) is 0.571. The van der Waals surface area contributed by atoms with E-state index in [-0.39, 0.29) is 29.9 Å². The number of carbonyl (C=O) groups excluding carboxylic acids is 2. The number of hydrogen-bond donors (Lipinski definition) is 5. The summed E-state index contributed by atoms with van der Waals surface area (Å²) >= 11 is 1.80. The molecule has 0 aliphatic carbocycles. The van der Waals surface area contributed by atoms with Crippen molar-refractivity contribution in [2.75, 3.05) is 5.75 Å². The molecule has 0 saturated carbocycles. The number of carbonyl (C=O) groups is 2. The second-order valence-corrected chi connectivity index (χ2v) is 7.16. The molecule has 6 N–H and O–H groups in total. The van der Waals surface area contributed by atoms with Crippen LogP contribution < -0.4 is 16.4 Å². The lowest BCUT2D eigenvalue weighted by molar-refractivity contribution is -0.121. The summed E-state index contributed by atoms with van der Waals surface area (Å²) in [5.74, 6) is -0.0886. The van der Waals surface area contributed by atoms with Crippen molar-refractivity contribution in [2.24, 2.45) is 5.73 Å². The summed E-state index contributed by atoms with van der Waals surface area (Å²) in [6, 6.07) is 2.02. The molecule has 0 spiro atoms. The van der Waals surface area contributed by atoms with E-state index in [4.69, 9.17) is 5.73 Å². The Morgan fingerprint density at radius 1 is 1.39 bits per heavy atom. The average Bonchev–Trinajstić information content (AvgIpc) is 3.12. The minimum absolute atomic E-state index is 0.118. The molecule has 0 radical (unpaired) electrons. The molecule has 23 heavy (non-hydrogen) atoms. The van der Waals surface area contributed by atoms with Crippen LogP contribution in [-0.4, -0.2) is 49.8 Å². The number of aromatic hydroxyl groups is 2. The second-order valence-electron chi connectivity index (χ2n) is 5.89. The van der Waals surface area contributed by atoms with E-state index in [2.05, 4.69) is 10.6 Å². The van der Waals surface area contributed by atoms with Gasteiger partial charge in [0.1, 0.15) is 6.04 Å². The number of nitrogens with two attached hydrogens (primary N) is 1. The van der Waals surface area contributed by atoms with Crippen LogP contribution in [0.3, 0.4) is 0 Å². The Bertz CT molecular complexity index is 600. The maximum atomic E-state index is 11.7. The number of urea groups is 1. The second kappa shape index (κ2) is 6.23.